The molecule has 0 aliphatic heterocycles. The predicted molar refractivity (Wildman–Crippen MR) is 59.9 cm³/mol. The maximum absolute atomic E-state index is 5.82. The molecule has 68 valence electrons. The first-order chi connectivity index (χ1) is 6.83. The highest BCUT2D eigenvalue weighted by Gasteiger charge is 2.04. The van der Waals surface area contributed by atoms with Crippen LogP contribution in [-0.4, -0.2) is 9.97 Å². The Kier molecular flexibility index (Phi) is 1.69. The molecule has 0 atom stereocenters. The molecule has 1 aromatic carbocycles. The first-order valence-electron chi connectivity index (χ1n) is 4.15. The molecule has 2 heterocycles. The zero-order valence-electron chi connectivity index (χ0n) is 7.07. The topological polar surface area (TPSA) is 25.8 Å². The molecule has 4 heteroatoms. The van der Waals surface area contributed by atoms with Gasteiger partial charge in [0, 0.05) is 5.39 Å². The fourth-order valence-electron chi connectivity index (χ4n) is 1.44. The highest BCUT2D eigenvalue weighted by atomic mass is 35.5. The summed E-state index contributed by atoms with van der Waals surface area (Å²) in [7, 11) is 0. The van der Waals surface area contributed by atoms with Gasteiger partial charge in [-0.3, -0.25) is 0 Å². The van der Waals surface area contributed by atoms with Gasteiger partial charge in [-0.25, -0.2) is 9.97 Å². The Labute approximate surface area is 89.2 Å². The lowest BCUT2D eigenvalue weighted by atomic mass is 10.2. The van der Waals surface area contributed by atoms with Gasteiger partial charge in [0.2, 0.25) is 0 Å². The van der Waals surface area contributed by atoms with E-state index in [-0.39, 0.29) is 0 Å². The van der Waals surface area contributed by atoms with Crippen LogP contribution in [0.5, 0.6) is 0 Å². The average Bonchev–Trinajstić information content (AvgIpc) is 2.53. The van der Waals surface area contributed by atoms with Crippen molar-refractivity contribution in [1.29, 1.82) is 0 Å². The molecule has 0 aliphatic rings. The minimum absolute atomic E-state index is 0.544. The van der Waals surface area contributed by atoms with Crippen LogP contribution in [0, 0.1) is 0 Å². The van der Waals surface area contributed by atoms with Crippen LogP contribution in [0.2, 0.25) is 4.47 Å². The van der Waals surface area contributed by atoms with Crippen molar-refractivity contribution in [2.75, 3.05) is 0 Å². The smallest absolute Gasteiger partial charge is 0.186 e. The molecule has 0 amide bonds. The third kappa shape index (κ3) is 1.17. The van der Waals surface area contributed by atoms with Gasteiger partial charge < -0.3 is 0 Å². The number of pyridine rings is 1. The van der Waals surface area contributed by atoms with Crippen LogP contribution < -0.4 is 0 Å². The van der Waals surface area contributed by atoms with E-state index in [4.69, 9.17) is 11.6 Å². The summed E-state index contributed by atoms with van der Waals surface area (Å²) in [6.45, 7) is 0. The molecule has 0 unspecified atom stereocenters. The number of hydrogen-bond donors (Lipinski definition) is 0. The number of thiazole rings is 1. The molecule has 0 fully saturated rings. The van der Waals surface area contributed by atoms with Crippen LogP contribution >= 0.6 is 22.9 Å². The van der Waals surface area contributed by atoms with Gasteiger partial charge in [0.25, 0.3) is 0 Å². The zero-order chi connectivity index (χ0) is 9.54. The summed E-state index contributed by atoms with van der Waals surface area (Å²) in [5, 5.41) is 1.10. The number of aromatic nitrogens is 2. The Balaban J connectivity index is 2.51. The highest BCUT2D eigenvalue weighted by Crippen LogP contribution is 2.26. The van der Waals surface area contributed by atoms with E-state index in [0.29, 0.717) is 4.47 Å². The minimum Gasteiger partial charge on any atom is -0.235 e. The number of hydrogen-bond acceptors (Lipinski definition) is 3. The maximum atomic E-state index is 5.82. The number of nitrogens with zero attached hydrogens (tertiary/aromatic N) is 2. The summed E-state index contributed by atoms with van der Waals surface area (Å²) in [5.41, 5.74) is 1.86. The van der Waals surface area contributed by atoms with Gasteiger partial charge in [-0.05, 0) is 12.1 Å². The van der Waals surface area contributed by atoms with Gasteiger partial charge in [-0.2, -0.15) is 0 Å². The fraction of sp³-hybridized carbons (Fsp3) is 0. The second kappa shape index (κ2) is 2.90. The van der Waals surface area contributed by atoms with Crippen LogP contribution in [0.1, 0.15) is 0 Å². The van der Waals surface area contributed by atoms with Crippen molar-refractivity contribution >= 4 is 44.2 Å². The quantitative estimate of drug-likeness (QED) is 0.580. The van der Waals surface area contributed by atoms with Crippen molar-refractivity contribution in [2.45, 2.75) is 0 Å². The van der Waals surface area contributed by atoms with Crippen molar-refractivity contribution in [3.8, 4) is 0 Å². The molecule has 0 N–H and O–H groups in total. The van der Waals surface area contributed by atoms with Crippen molar-refractivity contribution in [1.82, 2.24) is 9.97 Å². The molecule has 0 saturated carbocycles. The van der Waals surface area contributed by atoms with Crippen molar-refractivity contribution < 1.29 is 0 Å². The second-order valence-corrected chi connectivity index (χ2v) is 4.53. The lowest BCUT2D eigenvalue weighted by Gasteiger charge is -1.94. The van der Waals surface area contributed by atoms with Crippen LogP contribution in [0.15, 0.2) is 30.3 Å². The van der Waals surface area contributed by atoms with Crippen LogP contribution in [0.25, 0.3) is 21.3 Å². The van der Waals surface area contributed by atoms with Gasteiger partial charge in [-0.1, -0.05) is 41.1 Å². The molecular formula is C10H5ClN2S. The molecule has 2 nitrogen and oxygen atoms in total. The van der Waals surface area contributed by atoms with Gasteiger partial charge in [0.15, 0.2) is 4.47 Å². The molecular weight excluding hydrogens is 216 g/mol. The van der Waals surface area contributed by atoms with Gasteiger partial charge >= 0.3 is 0 Å². The first-order valence-corrected chi connectivity index (χ1v) is 5.34. The van der Waals surface area contributed by atoms with E-state index in [1.54, 1.807) is 0 Å². The standard InChI is InChI=1S/C10H5ClN2S/c11-10-13-8-5-6-3-1-2-4-7(6)12-9(8)14-10/h1-5H. The molecule has 0 aliphatic carbocycles. The molecule has 3 aromatic rings. The van der Waals surface area contributed by atoms with Gasteiger partial charge in [0.05, 0.1) is 5.52 Å². The molecule has 0 saturated heterocycles. The van der Waals surface area contributed by atoms with Crippen molar-refractivity contribution in [2.24, 2.45) is 0 Å². The normalized spacial score (nSPS) is 11.2. The lowest BCUT2D eigenvalue weighted by Crippen LogP contribution is -1.77. The van der Waals surface area contributed by atoms with Crippen LogP contribution in [0.4, 0.5) is 0 Å². The van der Waals surface area contributed by atoms with Gasteiger partial charge in [0.1, 0.15) is 10.3 Å². The summed E-state index contributed by atoms with van der Waals surface area (Å²) in [4.78, 5) is 9.55. The Morgan fingerprint density at radius 2 is 1.93 bits per heavy atom. The predicted octanol–water partition coefficient (Wildman–Crippen LogP) is 3.50. The number of rotatable bonds is 0. The molecule has 0 spiro atoms. The van der Waals surface area contributed by atoms with Crippen LogP contribution in [0.3, 0.4) is 0 Å². The highest BCUT2D eigenvalue weighted by molar-refractivity contribution is 7.21. The number of halogens is 1. The number of para-hydroxylation sites is 1. The lowest BCUT2D eigenvalue weighted by molar-refractivity contribution is 1.46. The molecule has 2 aromatic heterocycles. The third-order valence-electron chi connectivity index (χ3n) is 2.06. The number of benzene rings is 1. The third-order valence-corrected chi connectivity index (χ3v) is 3.13. The van der Waals surface area contributed by atoms with Crippen molar-refractivity contribution in [3.63, 3.8) is 0 Å². The van der Waals surface area contributed by atoms with E-state index in [1.165, 1.54) is 11.3 Å². The summed E-state index contributed by atoms with van der Waals surface area (Å²) in [5.74, 6) is 0. The molecule has 3 rings (SSSR count). The zero-order valence-corrected chi connectivity index (χ0v) is 8.64. The minimum atomic E-state index is 0.544. The van der Waals surface area contributed by atoms with E-state index in [2.05, 4.69) is 9.97 Å². The molecule has 0 radical (unpaired) electrons. The van der Waals surface area contributed by atoms with E-state index in [0.717, 1.165) is 21.3 Å². The second-order valence-electron chi connectivity index (χ2n) is 2.97. The number of fused-ring (bicyclic) bond motifs is 2. The summed E-state index contributed by atoms with van der Waals surface area (Å²) in [6.07, 6.45) is 0. The summed E-state index contributed by atoms with van der Waals surface area (Å²) in [6, 6.07) is 9.99. The van der Waals surface area contributed by atoms with E-state index in [9.17, 15) is 0 Å². The Bertz CT molecular complexity index is 565. The Hall–Kier alpha value is -1.19. The first kappa shape index (κ1) is 8.15. The monoisotopic (exact) mass is 220 g/mol. The maximum Gasteiger partial charge on any atom is 0.186 e. The average molecular weight is 221 g/mol. The molecule has 14 heavy (non-hydrogen) atoms. The van der Waals surface area contributed by atoms with E-state index < -0.39 is 0 Å². The van der Waals surface area contributed by atoms with Crippen LogP contribution in [-0.2, 0) is 0 Å². The SMILES string of the molecule is Clc1nc2cc3ccccc3nc2s1. The molecule has 0 bridgehead atoms. The van der Waals surface area contributed by atoms with Crippen molar-refractivity contribution in [3.05, 3.63) is 34.8 Å². The largest absolute Gasteiger partial charge is 0.235 e. The Morgan fingerprint density at radius 3 is 2.86 bits per heavy atom. The van der Waals surface area contributed by atoms with E-state index >= 15 is 0 Å². The fourth-order valence-corrected chi connectivity index (χ4v) is 2.41. The van der Waals surface area contributed by atoms with Gasteiger partial charge in [-0.15, -0.1) is 0 Å². The van der Waals surface area contributed by atoms with E-state index in [1.807, 2.05) is 30.3 Å². The Morgan fingerprint density at radius 1 is 1.07 bits per heavy atom. The summed E-state index contributed by atoms with van der Waals surface area (Å²) >= 11 is 7.23. The summed E-state index contributed by atoms with van der Waals surface area (Å²) < 4.78 is 0.544.